The quantitative estimate of drug-likeness (QED) is 0.850. The van der Waals surface area contributed by atoms with Gasteiger partial charge in [0.15, 0.2) is 0 Å². The number of rotatable bonds is 7. The standard InChI is InChI=1S/C19H23N3O2/c1-13(21-14(2)23)11-15-5-7-17(8-6-15)18-9-10-20-19(22-18)24-12-16-3-4-16/h5-10,13,16H,3-4,11-12H2,1-2H3,(H,21,23). The van der Waals surface area contributed by atoms with E-state index in [1.54, 1.807) is 6.20 Å². The van der Waals surface area contributed by atoms with Crippen molar-refractivity contribution in [2.75, 3.05) is 6.61 Å². The van der Waals surface area contributed by atoms with Crippen LogP contribution >= 0.6 is 0 Å². The lowest BCUT2D eigenvalue weighted by Gasteiger charge is -2.12. The van der Waals surface area contributed by atoms with Crippen molar-refractivity contribution >= 4 is 5.91 Å². The minimum absolute atomic E-state index is 0.00108. The van der Waals surface area contributed by atoms with Gasteiger partial charge in [-0.05, 0) is 43.7 Å². The normalized spacial score (nSPS) is 14.9. The van der Waals surface area contributed by atoms with Crippen molar-refractivity contribution in [3.05, 3.63) is 42.1 Å². The van der Waals surface area contributed by atoms with Crippen LogP contribution in [0.2, 0.25) is 0 Å². The molecule has 5 heteroatoms. The van der Waals surface area contributed by atoms with Gasteiger partial charge in [-0.3, -0.25) is 4.79 Å². The van der Waals surface area contributed by atoms with Crippen molar-refractivity contribution in [3.8, 4) is 17.3 Å². The topological polar surface area (TPSA) is 64.1 Å². The number of nitrogens with one attached hydrogen (secondary N) is 1. The fourth-order valence-corrected chi connectivity index (χ4v) is 2.61. The Hall–Kier alpha value is -2.43. The van der Waals surface area contributed by atoms with Crippen molar-refractivity contribution < 1.29 is 9.53 Å². The minimum atomic E-state index is -0.00108. The van der Waals surface area contributed by atoms with E-state index in [1.807, 2.05) is 25.1 Å². The lowest BCUT2D eigenvalue weighted by atomic mass is 10.0. The molecule has 5 nitrogen and oxygen atoms in total. The molecule has 126 valence electrons. The third-order valence-electron chi connectivity index (χ3n) is 4.02. The highest BCUT2D eigenvalue weighted by molar-refractivity contribution is 5.73. The lowest BCUT2D eigenvalue weighted by Crippen LogP contribution is -2.31. The lowest BCUT2D eigenvalue weighted by molar-refractivity contribution is -0.119. The minimum Gasteiger partial charge on any atom is -0.463 e. The van der Waals surface area contributed by atoms with Gasteiger partial charge in [-0.25, -0.2) is 4.98 Å². The van der Waals surface area contributed by atoms with Crippen molar-refractivity contribution in [3.63, 3.8) is 0 Å². The van der Waals surface area contributed by atoms with E-state index in [4.69, 9.17) is 4.74 Å². The van der Waals surface area contributed by atoms with Gasteiger partial charge in [-0.15, -0.1) is 0 Å². The summed E-state index contributed by atoms with van der Waals surface area (Å²) in [6.45, 7) is 4.25. The molecule has 0 aliphatic heterocycles. The fourth-order valence-electron chi connectivity index (χ4n) is 2.61. The molecular weight excluding hydrogens is 302 g/mol. The Bertz CT molecular complexity index is 696. The highest BCUT2D eigenvalue weighted by atomic mass is 16.5. The van der Waals surface area contributed by atoms with Gasteiger partial charge in [-0.2, -0.15) is 4.98 Å². The molecule has 3 rings (SSSR count). The second-order valence-electron chi connectivity index (χ2n) is 6.48. The van der Waals surface area contributed by atoms with Crippen LogP contribution in [0.15, 0.2) is 36.5 Å². The number of nitrogens with zero attached hydrogens (tertiary/aromatic N) is 2. The molecule has 1 N–H and O–H groups in total. The molecule has 2 aromatic rings. The molecule has 1 aromatic carbocycles. The molecule has 1 aliphatic rings. The van der Waals surface area contributed by atoms with E-state index in [1.165, 1.54) is 25.3 Å². The smallest absolute Gasteiger partial charge is 0.316 e. The Kier molecular flexibility index (Phi) is 5.08. The zero-order chi connectivity index (χ0) is 16.9. The zero-order valence-corrected chi connectivity index (χ0v) is 14.2. The number of benzene rings is 1. The number of hydrogen-bond donors (Lipinski definition) is 1. The number of amides is 1. The van der Waals surface area contributed by atoms with Crippen molar-refractivity contribution in [2.45, 2.75) is 39.2 Å². The molecule has 0 bridgehead atoms. The maximum absolute atomic E-state index is 11.1. The molecular formula is C19H23N3O2. The van der Waals surface area contributed by atoms with Gasteiger partial charge in [0.25, 0.3) is 0 Å². The van der Waals surface area contributed by atoms with Gasteiger partial charge in [0, 0.05) is 24.7 Å². The molecule has 0 spiro atoms. The number of hydrogen-bond acceptors (Lipinski definition) is 4. The number of ether oxygens (including phenoxy) is 1. The average molecular weight is 325 g/mol. The largest absolute Gasteiger partial charge is 0.463 e. The number of aromatic nitrogens is 2. The molecule has 1 unspecified atom stereocenters. The molecule has 24 heavy (non-hydrogen) atoms. The van der Waals surface area contributed by atoms with Gasteiger partial charge >= 0.3 is 6.01 Å². The maximum atomic E-state index is 11.1. The first-order chi connectivity index (χ1) is 11.6. The molecule has 1 heterocycles. The summed E-state index contributed by atoms with van der Waals surface area (Å²) >= 11 is 0. The summed E-state index contributed by atoms with van der Waals surface area (Å²) in [7, 11) is 0. The Morgan fingerprint density at radius 1 is 1.29 bits per heavy atom. The summed E-state index contributed by atoms with van der Waals surface area (Å²) in [5, 5.41) is 2.90. The molecule has 1 amide bonds. The van der Waals surface area contributed by atoms with Crippen molar-refractivity contribution in [1.29, 1.82) is 0 Å². The first-order valence-corrected chi connectivity index (χ1v) is 8.42. The fraction of sp³-hybridized carbons (Fsp3) is 0.421. The van der Waals surface area contributed by atoms with E-state index < -0.39 is 0 Å². The van der Waals surface area contributed by atoms with E-state index >= 15 is 0 Å². The second kappa shape index (κ2) is 7.43. The predicted octanol–water partition coefficient (Wildman–Crippen LogP) is 3.00. The predicted molar refractivity (Wildman–Crippen MR) is 92.7 cm³/mol. The highest BCUT2D eigenvalue weighted by Gasteiger charge is 2.22. The summed E-state index contributed by atoms with van der Waals surface area (Å²) in [5.74, 6) is 0.681. The molecule has 1 aliphatic carbocycles. The van der Waals surface area contributed by atoms with Gasteiger partial charge in [-0.1, -0.05) is 24.3 Å². The molecule has 1 atom stereocenters. The second-order valence-corrected chi connectivity index (χ2v) is 6.48. The molecule has 1 aromatic heterocycles. The summed E-state index contributed by atoms with van der Waals surface area (Å²) in [6, 6.07) is 10.7. The van der Waals surface area contributed by atoms with Crippen LogP contribution in [0.3, 0.4) is 0 Å². The van der Waals surface area contributed by atoms with Crippen LogP contribution in [0.1, 0.15) is 32.3 Å². The third kappa shape index (κ3) is 4.78. The van der Waals surface area contributed by atoms with Crippen molar-refractivity contribution in [1.82, 2.24) is 15.3 Å². The summed E-state index contributed by atoms with van der Waals surface area (Å²) in [6.07, 6.45) is 5.03. The summed E-state index contributed by atoms with van der Waals surface area (Å²) in [5.41, 5.74) is 3.07. The SMILES string of the molecule is CC(=O)NC(C)Cc1ccc(-c2ccnc(OCC3CC3)n2)cc1. The molecule has 1 saturated carbocycles. The van der Waals surface area contributed by atoms with Crippen molar-refractivity contribution in [2.24, 2.45) is 5.92 Å². The maximum Gasteiger partial charge on any atom is 0.316 e. The van der Waals surface area contributed by atoms with E-state index in [9.17, 15) is 4.79 Å². The van der Waals surface area contributed by atoms with Gasteiger partial charge in [0.05, 0.1) is 12.3 Å². The molecule has 0 radical (unpaired) electrons. The molecule has 1 fully saturated rings. The van der Waals surface area contributed by atoms with E-state index in [0.29, 0.717) is 18.5 Å². The van der Waals surface area contributed by atoms with Crippen LogP contribution in [0, 0.1) is 5.92 Å². The van der Waals surface area contributed by atoms with E-state index in [2.05, 4.69) is 27.4 Å². The monoisotopic (exact) mass is 325 g/mol. The van der Waals surface area contributed by atoms with E-state index in [0.717, 1.165) is 17.7 Å². The zero-order valence-electron chi connectivity index (χ0n) is 14.2. The summed E-state index contributed by atoms with van der Waals surface area (Å²) in [4.78, 5) is 19.7. The summed E-state index contributed by atoms with van der Waals surface area (Å²) < 4.78 is 5.64. The van der Waals surface area contributed by atoms with Crippen LogP contribution in [-0.4, -0.2) is 28.5 Å². The van der Waals surface area contributed by atoms with E-state index in [-0.39, 0.29) is 11.9 Å². The van der Waals surface area contributed by atoms with Crippen LogP contribution in [-0.2, 0) is 11.2 Å². The first kappa shape index (κ1) is 16.4. The Morgan fingerprint density at radius 2 is 2.04 bits per heavy atom. The third-order valence-corrected chi connectivity index (χ3v) is 4.02. The number of carbonyl (C=O) groups is 1. The molecule has 0 saturated heterocycles. The number of carbonyl (C=O) groups excluding carboxylic acids is 1. The Morgan fingerprint density at radius 3 is 2.71 bits per heavy atom. The van der Waals surface area contributed by atoms with Crippen LogP contribution < -0.4 is 10.1 Å². The first-order valence-electron chi connectivity index (χ1n) is 8.42. The Labute approximate surface area is 142 Å². The van der Waals surface area contributed by atoms with Gasteiger partial charge in [0.2, 0.25) is 5.91 Å². The van der Waals surface area contributed by atoms with Crippen LogP contribution in [0.5, 0.6) is 6.01 Å². The highest BCUT2D eigenvalue weighted by Crippen LogP contribution is 2.29. The Balaban J connectivity index is 1.64. The van der Waals surface area contributed by atoms with Gasteiger partial charge in [0.1, 0.15) is 0 Å². The van der Waals surface area contributed by atoms with Crippen LogP contribution in [0.4, 0.5) is 0 Å². The van der Waals surface area contributed by atoms with Crippen LogP contribution in [0.25, 0.3) is 11.3 Å². The average Bonchev–Trinajstić information content (AvgIpc) is 3.37. The van der Waals surface area contributed by atoms with Gasteiger partial charge < -0.3 is 10.1 Å².